The number of nitrogens with zero attached hydrogens (tertiary/aromatic N) is 2. The Hall–Kier alpha value is -3.84. The van der Waals surface area contributed by atoms with Crippen molar-refractivity contribution in [3.8, 4) is 23.0 Å². The fraction of sp³-hybridized carbons (Fsp3) is 0.231. The van der Waals surface area contributed by atoms with Gasteiger partial charge in [0.15, 0.2) is 5.76 Å². The number of carbonyl (C=O) groups excluding carboxylic acids is 1. The minimum atomic E-state index is -0.160. The Morgan fingerprint density at radius 3 is 2.67 bits per heavy atom. The maximum Gasteiger partial charge on any atom is 0.231 e. The number of fused-ring (bicyclic) bond motifs is 2. The first-order chi connectivity index (χ1) is 16.1. The largest absolute Gasteiger partial charge is 0.497 e. The number of aromatic nitrogens is 1. The molecule has 2 aliphatic heterocycles. The van der Waals surface area contributed by atoms with E-state index < -0.39 is 0 Å². The van der Waals surface area contributed by atoms with Gasteiger partial charge in [-0.05, 0) is 55.0 Å². The van der Waals surface area contributed by atoms with Gasteiger partial charge in [0.25, 0.3) is 0 Å². The molecule has 0 unspecified atom stereocenters. The highest BCUT2D eigenvalue weighted by Gasteiger charge is 2.33. The number of hydrogen-bond donors (Lipinski definition) is 0. The average Bonchev–Trinajstić information content (AvgIpc) is 3.15. The first-order valence-corrected chi connectivity index (χ1v) is 10.6. The summed E-state index contributed by atoms with van der Waals surface area (Å²) in [5.74, 6) is 2.71. The lowest BCUT2D eigenvalue weighted by molar-refractivity contribution is 0.0876. The molecule has 168 valence electrons. The van der Waals surface area contributed by atoms with Gasteiger partial charge in [-0.15, -0.1) is 0 Å². The van der Waals surface area contributed by atoms with Crippen LogP contribution in [0.4, 0.5) is 0 Å². The molecular formula is C26H24N2O5. The summed E-state index contributed by atoms with van der Waals surface area (Å²) in [5, 5.41) is 0. The van der Waals surface area contributed by atoms with Crippen LogP contribution in [0.25, 0.3) is 6.08 Å². The van der Waals surface area contributed by atoms with Crippen LogP contribution in [0.15, 0.2) is 54.6 Å². The maximum atomic E-state index is 13.2. The molecule has 2 aliphatic rings. The predicted molar refractivity (Wildman–Crippen MR) is 123 cm³/mol. The summed E-state index contributed by atoms with van der Waals surface area (Å²) in [6, 6.07) is 11.3. The molecule has 3 aromatic rings. The molecular weight excluding hydrogens is 420 g/mol. The van der Waals surface area contributed by atoms with E-state index in [-0.39, 0.29) is 11.5 Å². The molecule has 33 heavy (non-hydrogen) atoms. The summed E-state index contributed by atoms with van der Waals surface area (Å²) in [6.07, 6.45) is 5.26. The van der Waals surface area contributed by atoms with Gasteiger partial charge in [0.2, 0.25) is 5.78 Å². The van der Waals surface area contributed by atoms with E-state index in [1.165, 1.54) is 0 Å². The molecule has 0 radical (unpaired) electrons. The zero-order valence-corrected chi connectivity index (χ0v) is 18.8. The van der Waals surface area contributed by atoms with Gasteiger partial charge in [0, 0.05) is 42.2 Å². The van der Waals surface area contributed by atoms with Crippen molar-refractivity contribution in [1.82, 2.24) is 9.88 Å². The van der Waals surface area contributed by atoms with Crippen molar-refractivity contribution in [3.63, 3.8) is 0 Å². The van der Waals surface area contributed by atoms with Crippen molar-refractivity contribution < 1.29 is 23.7 Å². The maximum absolute atomic E-state index is 13.2. The van der Waals surface area contributed by atoms with E-state index in [0.29, 0.717) is 41.7 Å². The van der Waals surface area contributed by atoms with E-state index in [1.54, 1.807) is 44.8 Å². The third-order valence-corrected chi connectivity index (χ3v) is 5.88. The highest BCUT2D eigenvalue weighted by Crippen LogP contribution is 2.43. The zero-order valence-electron chi connectivity index (χ0n) is 18.8. The average molecular weight is 444 g/mol. The van der Waals surface area contributed by atoms with Gasteiger partial charge in [-0.3, -0.25) is 14.7 Å². The van der Waals surface area contributed by atoms with Crippen LogP contribution in [0.2, 0.25) is 0 Å². The first kappa shape index (κ1) is 21.0. The number of rotatable bonds is 5. The van der Waals surface area contributed by atoms with Crippen LogP contribution >= 0.6 is 0 Å². The Morgan fingerprint density at radius 1 is 1.09 bits per heavy atom. The third-order valence-electron chi connectivity index (χ3n) is 5.88. The Bertz CT molecular complexity index is 1250. The summed E-state index contributed by atoms with van der Waals surface area (Å²) >= 11 is 0. The number of ether oxygens (including phenoxy) is 4. The molecule has 0 fully saturated rings. The standard InChI is InChI=1S/C26H24N2O5/c1-16-25-19(14-28(15-32-25)13-17-6-8-27-9-7-17)11-21-24(29)23(33-26(16)21)12-18-10-20(30-2)4-5-22(18)31-3/h4-12H,13-15H2,1-3H3. The number of methoxy groups -OCH3 is 2. The van der Waals surface area contributed by atoms with Crippen molar-refractivity contribution in [3.05, 3.63) is 82.4 Å². The second kappa shape index (κ2) is 8.60. The van der Waals surface area contributed by atoms with Crippen LogP contribution in [0.5, 0.6) is 23.0 Å². The van der Waals surface area contributed by atoms with E-state index >= 15 is 0 Å². The third kappa shape index (κ3) is 3.91. The lowest BCUT2D eigenvalue weighted by atomic mass is 9.99. The Balaban J connectivity index is 1.45. The zero-order chi connectivity index (χ0) is 22.9. The molecule has 0 atom stereocenters. The Kier molecular flexibility index (Phi) is 5.48. The summed E-state index contributed by atoms with van der Waals surface area (Å²) < 4.78 is 22.9. The number of pyridine rings is 1. The molecule has 7 heteroatoms. The van der Waals surface area contributed by atoms with Crippen LogP contribution in [0.3, 0.4) is 0 Å². The number of benzene rings is 2. The smallest absolute Gasteiger partial charge is 0.231 e. The SMILES string of the molecule is COc1ccc(OC)c(C=C2Oc3c(cc4c(c3C)OCN(Cc3ccncc3)C4)C2=O)c1. The van der Waals surface area contributed by atoms with Gasteiger partial charge in [-0.25, -0.2) is 0 Å². The number of carbonyl (C=O) groups is 1. The fourth-order valence-corrected chi connectivity index (χ4v) is 4.24. The number of ketones is 1. The van der Waals surface area contributed by atoms with Gasteiger partial charge in [-0.1, -0.05) is 0 Å². The Labute approximate surface area is 192 Å². The molecule has 1 aromatic heterocycles. The number of hydrogen-bond acceptors (Lipinski definition) is 7. The summed E-state index contributed by atoms with van der Waals surface area (Å²) in [4.78, 5) is 19.5. The van der Waals surface area contributed by atoms with Crippen LogP contribution < -0.4 is 18.9 Å². The normalized spacial score (nSPS) is 16.1. The molecule has 3 heterocycles. The van der Waals surface area contributed by atoms with E-state index in [4.69, 9.17) is 18.9 Å². The van der Waals surface area contributed by atoms with Crippen molar-refractivity contribution >= 4 is 11.9 Å². The van der Waals surface area contributed by atoms with Crippen molar-refractivity contribution in [2.75, 3.05) is 21.0 Å². The van der Waals surface area contributed by atoms with Crippen LogP contribution in [-0.4, -0.2) is 36.6 Å². The predicted octanol–water partition coefficient (Wildman–Crippen LogP) is 4.38. The first-order valence-electron chi connectivity index (χ1n) is 10.6. The Morgan fingerprint density at radius 2 is 1.91 bits per heavy atom. The second-order valence-corrected chi connectivity index (χ2v) is 8.03. The van der Waals surface area contributed by atoms with Crippen LogP contribution in [-0.2, 0) is 13.1 Å². The molecule has 2 aromatic carbocycles. The van der Waals surface area contributed by atoms with Crippen molar-refractivity contribution in [2.45, 2.75) is 20.0 Å². The number of allylic oxidation sites excluding steroid dienone is 1. The molecule has 5 rings (SSSR count). The minimum absolute atomic E-state index is 0.160. The highest BCUT2D eigenvalue weighted by atomic mass is 16.5. The van der Waals surface area contributed by atoms with Crippen molar-refractivity contribution in [2.24, 2.45) is 0 Å². The van der Waals surface area contributed by atoms with E-state index in [2.05, 4.69) is 9.88 Å². The van der Waals surface area contributed by atoms with E-state index in [9.17, 15) is 4.79 Å². The fourth-order valence-electron chi connectivity index (χ4n) is 4.24. The van der Waals surface area contributed by atoms with Gasteiger partial charge in [0.05, 0.1) is 19.8 Å². The molecule has 0 saturated carbocycles. The summed E-state index contributed by atoms with van der Waals surface area (Å²) in [7, 11) is 3.18. The minimum Gasteiger partial charge on any atom is -0.497 e. The topological polar surface area (TPSA) is 70.1 Å². The molecule has 0 N–H and O–H groups in total. The second-order valence-electron chi connectivity index (χ2n) is 8.03. The van der Waals surface area contributed by atoms with E-state index in [1.807, 2.05) is 31.2 Å². The van der Waals surface area contributed by atoms with Crippen molar-refractivity contribution in [1.29, 1.82) is 0 Å². The summed E-state index contributed by atoms with van der Waals surface area (Å²) in [5.41, 5.74) is 4.22. The lowest BCUT2D eigenvalue weighted by Gasteiger charge is -2.30. The molecule has 0 aliphatic carbocycles. The molecule has 0 saturated heterocycles. The van der Waals surface area contributed by atoms with Gasteiger partial charge >= 0.3 is 0 Å². The molecule has 0 amide bonds. The molecule has 0 spiro atoms. The van der Waals surface area contributed by atoms with Gasteiger partial charge in [0.1, 0.15) is 29.7 Å². The van der Waals surface area contributed by atoms with Gasteiger partial charge < -0.3 is 18.9 Å². The molecule has 7 nitrogen and oxygen atoms in total. The van der Waals surface area contributed by atoms with Crippen LogP contribution in [0.1, 0.15) is 32.6 Å². The van der Waals surface area contributed by atoms with E-state index in [0.717, 1.165) is 29.0 Å². The lowest BCUT2D eigenvalue weighted by Crippen LogP contribution is -2.32. The molecule has 0 bridgehead atoms. The van der Waals surface area contributed by atoms with Crippen LogP contribution in [0, 0.1) is 6.92 Å². The van der Waals surface area contributed by atoms with Gasteiger partial charge in [-0.2, -0.15) is 0 Å². The quantitative estimate of drug-likeness (QED) is 0.541. The summed E-state index contributed by atoms with van der Waals surface area (Å²) in [6.45, 7) is 3.82. The monoisotopic (exact) mass is 444 g/mol. The highest BCUT2D eigenvalue weighted by molar-refractivity contribution is 6.15. The number of Topliss-reactive ketones (excluding diaryl/α,β-unsaturated/α-hetero) is 1.